The molecular formula is C10H10N4O2S. The number of nitriles is 2. The third-order valence-electron chi connectivity index (χ3n) is 2.08. The van der Waals surface area contributed by atoms with Crippen molar-refractivity contribution >= 4 is 21.4 Å². The fourth-order valence-corrected chi connectivity index (χ4v) is 1.84. The average Bonchev–Trinajstić information content (AvgIpc) is 2.30. The second-order valence-electron chi connectivity index (χ2n) is 3.33. The molecule has 17 heavy (non-hydrogen) atoms. The summed E-state index contributed by atoms with van der Waals surface area (Å²) in [6.45, 7) is 1.27. The number of nitrogen functional groups attached to an aromatic ring is 1. The molecule has 88 valence electrons. The fraction of sp³-hybridized carbons (Fsp3) is 0.200. The van der Waals surface area contributed by atoms with Gasteiger partial charge in [0.25, 0.3) is 0 Å². The predicted molar refractivity (Wildman–Crippen MR) is 63.2 cm³/mol. The highest BCUT2D eigenvalue weighted by Gasteiger charge is 2.20. The molecule has 0 spiro atoms. The van der Waals surface area contributed by atoms with Crippen molar-refractivity contribution in [3.63, 3.8) is 0 Å². The van der Waals surface area contributed by atoms with Crippen molar-refractivity contribution in [2.45, 2.75) is 12.2 Å². The Labute approximate surface area is 99.3 Å². The van der Waals surface area contributed by atoms with Crippen LogP contribution in [0.2, 0.25) is 0 Å². The second kappa shape index (κ2) is 4.73. The van der Waals surface area contributed by atoms with E-state index in [1.165, 1.54) is 25.1 Å². The van der Waals surface area contributed by atoms with E-state index in [2.05, 4.69) is 4.72 Å². The first-order valence-corrected chi connectivity index (χ1v) is 6.16. The van der Waals surface area contributed by atoms with Crippen molar-refractivity contribution in [1.29, 1.82) is 10.5 Å². The van der Waals surface area contributed by atoms with Crippen molar-refractivity contribution in [2.75, 3.05) is 10.5 Å². The number of nitrogens with one attached hydrogen (secondary N) is 1. The van der Waals surface area contributed by atoms with Gasteiger partial charge in [-0.15, -0.1) is 0 Å². The molecule has 0 aliphatic rings. The van der Waals surface area contributed by atoms with Crippen LogP contribution in [0.25, 0.3) is 0 Å². The van der Waals surface area contributed by atoms with E-state index < -0.39 is 15.3 Å². The van der Waals surface area contributed by atoms with Gasteiger partial charge < -0.3 is 5.73 Å². The summed E-state index contributed by atoms with van der Waals surface area (Å²) in [6, 6.07) is 7.68. The van der Waals surface area contributed by atoms with Crippen LogP contribution in [-0.2, 0) is 10.0 Å². The second-order valence-corrected chi connectivity index (χ2v) is 5.33. The van der Waals surface area contributed by atoms with E-state index in [-0.39, 0.29) is 11.4 Å². The summed E-state index contributed by atoms with van der Waals surface area (Å²) in [5.41, 5.74) is 6.21. The van der Waals surface area contributed by atoms with Crippen LogP contribution in [0.5, 0.6) is 0 Å². The summed E-state index contributed by atoms with van der Waals surface area (Å²) in [4.78, 5) is 0. The van der Waals surface area contributed by atoms with Crippen LogP contribution in [0.3, 0.4) is 0 Å². The molecule has 0 aliphatic carbocycles. The Hall–Kier alpha value is -2.25. The smallest absolute Gasteiger partial charge is 0.248 e. The average molecular weight is 250 g/mol. The number of hydrogen-bond donors (Lipinski definition) is 2. The normalized spacial score (nSPS) is 12.2. The first kappa shape index (κ1) is 12.8. The van der Waals surface area contributed by atoms with Crippen molar-refractivity contribution in [2.24, 2.45) is 0 Å². The Kier molecular flexibility index (Phi) is 3.56. The van der Waals surface area contributed by atoms with Gasteiger partial charge in [-0.1, -0.05) is 0 Å². The maximum atomic E-state index is 11.6. The number of rotatable bonds is 3. The van der Waals surface area contributed by atoms with Crippen LogP contribution in [0, 0.1) is 22.7 Å². The molecule has 0 saturated heterocycles. The SMILES string of the molecule is CC(C#N)S(=O)(=O)Nc1ccc(C#N)cc1N. The molecule has 0 fully saturated rings. The van der Waals surface area contributed by atoms with Gasteiger partial charge in [0.15, 0.2) is 5.25 Å². The third-order valence-corrected chi connectivity index (χ3v) is 3.62. The van der Waals surface area contributed by atoms with E-state index >= 15 is 0 Å². The van der Waals surface area contributed by atoms with Gasteiger partial charge >= 0.3 is 0 Å². The zero-order chi connectivity index (χ0) is 13.1. The number of hydrogen-bond acceptors (Lipinski definition) is 5. The lowest BCUT2D eigenvalue weighted by molar-refractivity contribution is 0.597. The van der Waals surface area contributed by atoms with Gasteiger partial charge in [0.1, 0.15) is 0 Å². The van der Waals surface area contributed by atoms with Crippen LogP contribution in [-0.4, -0.2) is 13.7 Å². The number of sulfonamides is 1. The van der Waals surface area contributed by atoms with Crippen LogP contribution < -0.4 is 10.5 Å². The van der Waals surface area contributed by atoms with Gasteiger partial charge in [0.2, 0.25) is 10.0 Å². The lowest BCUT2D eigenvalue weighted by Gasteiger charge is -2.11. The van der Waals surface area contributed by atoms with E-state index in [4.69, 9.17) is 16.3 Å². The molecule has 0 aromatic heterocycles. The maximum Gasteiger partial charge on any atom is 0.248 e. The number of benzene rings is 1. The highest BCUT2D eigenvalue weighted by Crippen LogP contribution is 2.21. The van der Waals surface area contributed by atoms with E-state index in [1.54, 1.807) is 6.07 Å². The van der Waals surface area contributed by atoms with Crippen LogP contribution in [0.1, 0.15) is 12.5 Å². The van der Waals surface area contributed by atoms with Gasteiger partial charge in [0, 0.05) is 0 Å². The van der Waals surface area contributed by atoms with Crippen molar-refractivity contribution < 1.29 is 8.42 Å². The fourth-order valence-electron chi connectivity index (χ4n) is 1.04. The lowest BCUT2D eigenvalue weighted by atomic mass is 10.2. The van der Waals surface area contributed by atoms with E-state index in [0.29, 0.717) is 5.56 Å². The molecule has 7 heteroatoms. The largest absolute Gasteiger partial charge is 0.397 e. The summed E-state index contributed by atoms with van der Waals surface area (Å²) in [7, 11) is -3.78. The topological polar surface area (TPSA) is 120 Å². The number of anilines is 2. The lowest BCUT2D eigenvalue weighted by Crippen LogP contribution is -2.24. The van der Waals surface area contributed by atoms with Crippen molar-refractivity contribution in [3.05, 3.63) is 23.8 Å². The molecule has 6 nitrogen and oxygen atoms in total. The van der Waals surface area contributed by atoms with E-state index in [1.807, 2.05) is 6.07 Å². The van der Waals surface area contributed by atoms with Gasteiger partial charge in [-0.3, -0.25) is 4.72 Å². The van der Waals surface area contributed by atoms with Gasteiger partial charge in [-0.05, 0) is 25.1 Å². The van der Waals surface area contributed by atoms with Gasteiger partial charge in [-0.2, -0.15) is 10.5 Å². The van der Waals surface area contributed by atoms with Crippen molar-refractivity contribution in [3.8, 4) is 12.1 Å². The Morgan fingerprint density at radius 3 is 2.53 bits per heavy atom. The summed E-state index contributed by atoms with van der Waals surface area (Å²) in [5.74, 6) is 0. The summed E-state index contributed by atoms with van der Waals surface area (Å²) < 4.78 is 25.4. The molecule has 0 amide bonds. The molecule has 1 atom stereocenters. The molecule has 0 saturated carbocycles. The molecule has 0 radical (unpaired) electrons. The molecule has 0 bridgehead atoms. The minimum absolute atomic E-state index is 0.137. The molecule has 1 unspecified atom stereocenters. The number of nitrogens with zero attached hydrogens (tertiary/aromatic N) is 2. The summed E-state index contributed by atoms with van der Waals surface area (Å²) >= 11 is 0. The highest BCUT2D eigenvalue weighted by atomic mass is 32.2. The highest BCUT2D eigenvalue weighted by molar-refractivity contribution is 7.93. The van der Waals surface area contributed by atoms with E-state index in [0.717, 1.165) is 0 Å². The standard InChI is InChI=1S/C10H10N4O2S/c1-7(5-11)17(15,16)14-10-3-2-8(6-12)4-9(10)13/h2-4,7,14H,13H2,1H3. The van der Waals surface area contributed by atoms with E-state index in [9.17, 15) is 8.42 Å². The summed E-state index contributed by atoms with van der Waals surface area (Å²) in [5, 5.41) is 16.0. The number of nitrogens with two attached hydrogens (primary N) is 1. The van der Waals surface area contributed by atoms with Crippen LogP contribution in [0.4, 0.5) is 11.4 Å². The molecule has 1 aromatic rings. The Bertz CT molecular complexity index is 610. The van der Waals surface area contributed by atoms with Crippen LogP contribution >= 0.6 is 0 Å². The molecule has 0 aliphatic heterocycles. The molecule has 0 heterocycles. The Balaban J connectivity index is 3.07. The van der Waals surface area contributed by atoms with Gasteiger partial charge in [-0.25, -0.2) is 8.42 Å². The molecule has 1 rings (SSSR count). The summed E-state index contributed by atoms with van der Waals surface area (Å²) in [6.07, 6.45) is 0. The molecule has 1 aromatic carbocycles. The Morgan fingerprint density at radius 2 is 2.06 bits per heavy atom. The Morgan fingerprint density at radius 1 is 1.41 bits per heavy atom. The van der Waals surface area contributed by atoms with Gasteiger partial charge in [0.05, 0.1) is 29.1 Å². The third kappa shape index (κ3) is 2.86. The first-order valence-electron chi connectivity index (χ1n) is 4.61. The maximum absolute atomic E-state index is 11.6. The quantitative estimate of drug-likeness (QED) is 0.768. The first-order chi connectivity index (χ1) is 7.90. The molecular weight excluding hydrogens is 240 g/mol. The molecule has 3 N–H and O–H groups in total. The zero-order valence-corrected chi connectivity index (χ0v) is 9.82. The van der Waals surface area contributed by atoms with Crippen molar-refractivity contribution in [1.82, 2.24) is 0 Å². The monoisotopic (exact) mass is 250 g/mol. The minimum Gasteiger partial charge on any atom is -0.397 e. The predicted octanol–water partition coefficient (Wildman–Crippen LogP) is 0.794. The minimum atomic E-state index is -3.78. The zero-order valence-electron chi connectivity index (χ0n) is 9.01. The van der Waals surface area contributed by atoms with Crippen LogP contribution in [0.15, 0.2) is 18.2 Å².